The van der Waals surface area contributed by atoms with Crippen molar-refractivity contribution in [1.29, 1.82) is 0 Å². The first kappa shape index (κ1) is 21.0. The number of thioether (sulfide) groups is 1. The summed E-state index contributed by atoms with van der Waals surface area (Å²) in [5.74, 6) is 0.0137. The Labute approximate surface area is 166 Å². The van der Waals surface area contributed by atoms with E-state index < -0.39 is 0 Å². The summed E-state index contributed by atoms with van der Waals surface area (Å²) in [6, 6.07) is 13.7. The SMILES string of the molecule is CCCC(=O)Nc1cccc(SC(CC)C(=O)Nc2c(C)cccc2C)c1. The minimum atomic E-state index is -0.203. The highest BCUT2D eigenvalue weighted by Crippen LogP contribution is 2.29. The molecule has 2 rings (SSSR count). The Balaban J connectivity index is 2.08. The maximum atomic E-state index is 12.8. The second kappa shape index (κ2) is 10.2. The van der Waals surface area contributed by atoms with Crippen LogP contribution < -0.4 is 10.6 Å². The standard InChI is InChI=1S/C22H28N2O2S/c1-5-9-20(25)23-17-12-8-13-18(14-17)27-19(6-2)22(26)24-21-15(3)10-7-11-16(21)4/h7-8,10-14,19H,5-6,9H2,1-4H3,(H,23,25)(H,24,26). The average Bonchev–Trinajstić information content (AvgIpc) is 2.63. The fourth-order valence-electron chi connectivity index (χ4n) is 2.80. The molecule has 0 spiro atoms. The van der Waals surface area contributed by atoms with Crippen LogP contribution in [0.4, 0.5) is 11.4 Å². The molecule has 2 N–H and O–H groups in total. The van der Waals surface area contributed by atoms with E-state index in [1.165, 1.54) is 11.8 Å². The molecule has 0 aliphatic heterocycles. The van der Waals surface area contributed by atoms with Crippen molar-refractivity contribution in [2.24, 2.45) is 0 Å². The fraction of sp³-hybridized carbons (Fsp3) is 0.364. The summed E-state index contributed by atoms with van der Waals surface area (Å²) in [7, 11) is 0. The van der Waals surface area contributed by atoms with Crippen LogP contribution in [-0.4, -0.2) is 17.1 Å². The molecule has 2 amide bonds. The monoisotopic (exact) mass is 384 g/mol. The van der Waals surface area contributed by atoms with Crippen LogP contribution in [0.2, 0.25) is 0 Å². The van der Waals surface area contributed by atoms with Gasteiger partial charge in [-0.25, -0.2) is 0 Å². The molecule has 4 nitrogen and oxygen atoms in total. The molecule has 0 aliphatic rings. The van der Waals surface area contributed by atoms with E-state index in [0.717, 1.165) is 33.8 Å². The van der Waals surface area contributed by atoms with Crippen LogP contribution in [0.25, 0.3) is 0 Å². The number of amides is 2. The van der Waals surface area contributed by atoms with E-state index in [1.54, 1.807) is 0 Å². The van der Waals surface area contributed by atoms with E-state index in [0.29, 0.717) is 12.8 Å². The quantitative estimate of drug-likeness (QED) is 0.587. The summed E-state index contributed by atoms with van der Waals surface area (Å²) in [5, 5.41) is 5.79. The maximum Gasteiger partial charge on any atom is 0.237 e. The Kier molecular flexibility index (Phi) is 7.92. The summed E-state index contributed by atoms with van der Waals surface area (Å²) < 4.78 is 0. The van der Waals surface area contributed by atoms with Gasteiger partial charge in [0.05, 0.1) is 5.25 Å². The molecule has 0 radical (unpaired) electrons. The first-order valence-corrected chi connectivity index (χ1v) is 10.3. The van der Waals surface area contributed by atoms with E-state index in [-0.39, 0.29) is 17.1 Å². The minimum absolute atomic E-state index is 0.000298. The molecular weight excluding hydrogens is 356 g/mol. The second-order valence-electron chi connectivity index (χ2n) is 6.60. The Morgan fingerprint density at radius 1 is 1.00 bits per heavy atom. The lowest BCUT2D eigenvalue weighted by Crippen LogP contribution is -2.25. The first-order chi connectivity index (χ1) is 12.9. The van der Waals surface area contributed by atoms with E-state index in [2.05, 4.69) is 10.6 Å². The van der Waals surface area contributed by atoms with Crippen LogP contribution in [0.15, 0.2) is 47.4 Å². The molecule has 1 atom stereocenters. The van der Waals surface area contributed by atoms with Crippen molar-refractivity contribution in [3.05, 3.63) is 53.6 Å². The van der Waals surface area contributed by atoms with Crippen molar-refractivity contribution < 1.29 is 9.59 Å². The highest BCUT2D eigenvalue weighted by atomic mass is 32.2. The third-order valence-corrected chi connectivity index (χ3v) is 5.62. The van der Waals surface area contributed by atoms with Gasteiger partial charge in [0.2, 0.25) is 11.8 Å². The molecule has 5 heteroatoms. The lowest BCUT2D eigenvalue weighted by atomic mass is 10.1. The van der Waals surface area contributed by atoms with Gasteiger partial charge in [0.25, 0.3) is 0 Å². The maximum absolute atomic E-state index is 12.8. The molecule has 144 valence electrons. The van der Waals surface area contributed by atoms with Gasteiger partial charge in [-0.15, -0.1) is 11.8 Å². The number of para-hydroxylation sites is 1. The van der Waals surface area contributed by atoms with Crippen molar-refractivity contribution in [2.45, 2.75) is 57.1 Å². The van der Waals surface area contributed by atoms with Crippen LogP contribution in [0, 0.1) is 13.8 Å². The molecule has 0 aromatic heterocycles. The summed E-state index contributed by atoms with van der Waals surface area (Å²) >= 11 is 1.52. The molecule has 2 aromatic rings. The lowest BCUT2D eigenvalue weighted by Gasteiger charge is -2.17. The number of nitrogens with one attached hydrogen (secondary N) is 2. The number of anilines is 2. The number of carbonyl (C=O) groups is 2. The Morgan fingerprint density at radius 3 is 2.30 bits per heavy atom. The van der Waals surface area contributed by atoms with Crippen molar-refractivity contribution in [3.8, 4) is 0 Å². The third-order valence-electron chi connectivity index (χ3n) is 4.27. The highest BCUT2D eigenvalue weighted by Gasteiger charge is 2.19. The van der Waals surface area contributed by atoms with Crippen LogP contribution in [0.5, 0.6) is 0 Å². The van der Waals surface area contributed by atoms with Crippen LogP contribution in [0.3, 0.4) is 0 Å². The van der Waals surface area contributed by atoms with E-state index in [9.17, 15) is 9.59 Å². The smallest absolute Gasteiger partial charge is 0.237 e. The van der Waals surface area contributed by atoms with Crippen molar-refractivity contribution >= 4 is 35.0 Å². The molecule has 0 bridgehead atoms. The summed E-state index contributed by atoms with van der Waals surface area (Å²) in [5.41, 5.74) is 3.78. The average molecular weight is 385 g/mol. The van der Waals surface area contributed by atoms with Crippen LogP contribution in [0.1, 0.15) is 44.2 Å². The third kappa shape index (κ3) is 6.14. The van der Waals surface area contributed by atoms with Gasteiger partial charge < -0.3 is 10.6 Å². The normalized spacial score (nSPS) is 11.7. The van der Waals surface area contributed by atoms with Crippen molar-refractivity contribution in [1.82, 2.24) is 0 Å². The number of carbonyl (C=O) groups excluding carboxylic acids is 2. The summed E-state index contributed by atoms with van der Waals surface area (Å²) in [6.45, 7) is 7.99. The first-order valence-electron chi connectivity index (χ1n) is 9.38. The zero-order valence-corrected chi connectivity index (χ0v) is 17.3. The molecule has 0 heterocycles. The number of benzene rings is 2. The molecule has 0 fully saturated rings. The van der Waals surface area contributed by atoms with Gasteiger partial charge in [0, 0.05) is 22.7 Å². The lowest BCUT2D eigenvalue weighted by molar-refractivity contribution is -0.116. The zero-order chi connectivity index (χ0) is 19.8. The number of hydrogen-bond donors (Lipinski definition) is 2. The van der Waals surface area contributed by atoms with Gasteiger partial charge in [-0.1, -0.05) is 38.1 Å². The molecule has 27 heavy (non-hydrogen) atoms. The molecule has 0 saturated carbocycles. The molecule has 2 aromatic carbocycles. The van der Waals surface area contributed by atoms with Gasteiger partial charge in [0.1, 0.15) is 0 Å². The molecule has 0 saturated heterocycles. The summed E-state index contributed by atoms with van der Waals surface area (Å²) in [6.07, 6.45) is 2.04. The largest absolute Gasteiger partial charge is 0.326 e. The Bertz CT molecular complexity index is 784. The molecular formula is C22H28N2O2S. The Hall–Kier alpha value is -2.27. The van der Waals surface area contributed by atoms with Gasteiger partial charge in [-0.05, 0) is 56.0 Å². The number of aryl methyl sites for hydroxylation is 2. The molecule has 1 unspecified atom stereocenters. The van der Waals surface area contributed by atoms with Gasteiger partial charge in [-0.2, -0.15) is 0 Å². The second-order valence-corrected chi connectivity index (χ2v) is 7.87. The predicted octanol–water partition coefficient (Wildman–Crippen LogP) is 5.55. The van der Waals surface area contributed by atoms with Crippen molar-refractivity contribution in [2.75, 3.05) is 10.6 Å². The summed E-state index contributed by atoms with van der Waals surface area (Å²) in [4.78, 5) is 25.6. The number of rotatable bonds is 8. The highest BCUT2D eigenvalue weighted by molar-refractivity contribution is 8.00. The van der Waals surface area contributed by atoms with Crippen molar-refractivity contribution in [3.63, 3.8) is 0 Å². The Morgan fingerprint density at radius 2 is 1.67 bits per heavy atom. The van der Waals surface area contributed by atoms with Gasteiger partial charge in [-0.3, -0.25) is 9.59 Å². The zero-order valence-electron chi connectivity index (χ0n) is 16.5. The molecule has 0 aliphatic carbocycles. The van der Waals surface area contributed by atoms with Gasteiger partial charge >= 0.3 is 0 Å². The van der Waals surface area contributed by atoms with Crippen LogP contribution >= 0.6 is 11.8 Å². The minimum Gasteiger partial charge on any atom is -0.326 e. The van der Waals surface area contributed by atoms with E-state index >= 15 is 0 Å². The van der Waals surface area contributed by atoms with E-state index in [4.69, 9.17) is 0 Å². The van der Waals surface area contributed by atoms with E-state index in [1.807, 2.05) is 70.2 Å². The topological polar surface area (TPSA) is 58.2 Å². The van der Waals surface area contributed by atoms with Gasteiger partial charge in [0.15, 0.2) is 0 Å². The van der Waals surface area contributed by atoms with Crippen LogP contribution in [-0.2, 0) is 9.59 Å². The number of hydrogen-bond acceptors (Lipinski definition) is 3. The fourth-order valence-corrected chi connectivity index (χ4v) is 3.81. The predicted molar refractivity (Wildman–Crippen MR) is 114 cm³/mol.